The highest BCUT2D eigenvalue weighted by atomic mass is 32.2. The molecule has 0 aliphatic rings. The first kappa shape index (κ1) is 11.2. The molecule has 4 nitrogen and oxygen atoms in total. The van der Waals surface area contributed by atoms with Crippen molar-refractivity contribution in [2.24, 2.45) is 0 Å². The van der Waals surface area contributed by atoms with Gasteiger partial charge in [-0.15, -0.1) is 5.10 Å². The van der Waals surface area contributed by atoms with Gasteiger partial charge in [-0.2, -0.15) is 0 Å². The number of hydrogen-bond acceptors (Lipinski definition) is 4. The second kappa shape index (κ2) is 5.14. The molecule has 16 heavy (non-hydrogen) atoms. The van der Waals surface area contributed by atoms with E-state index in [4.69, 9.17) is 5.11 Å². The standard InChI is InChI=1S/C11H13N3OS/c1-8-2-4-9(5-3-8)10-12-11(14-13-10)16-7-6-15/h2-5,15H,6-7H2,1H3,(H,12,13,14). The summed E-state index contributed by atoms with van der Waals surface area (Å²) in [7, 11) is 0. The number of nitrogens with zero attached hydrogens (tertiary/aromatic N) is 2. The first-order valence-electron chi connectivity index (χ1n) is 5.02. The molecule has 2 aromatic rings. The molecule has 0 unspecified atom stereocenters. The number of aliphatic hydroxyl groups excluding tert-OH is 1. The van der Waals surface area contributed by atoms with Gasteiger partial charge >= 0.3 is 0 Å². The van der Waals surface area contributed by atoms with Crippen LogP contribution in [-0.4, -0.2) is 32.6 Å². The minimum Gasteiger partial charge on any atom is -0.396 e. The Morgan fingerprint density at radius 3 is 2.75 bits per heavy atom. The van der Waals surface area contributed by atoms with E-state index in [1.807, 2.05) is 31.2 Å². The highest BCUT2D eigenvalue weighted by Crippen LogP contribution is 2.19. The maximum atomic E-state index is 8.70. The lowest BCUT2D eigenvalue weighted by Crippen LogP contribution is -1.86. The van der Waals surface area contributed by atoms with E-state index >= 15 is 0 Å². The Labute approximate surface area is 98.1 Å². The van der Waals surface area contributed by atoms with Crippen LogP contribution in [0.1, 0.15) is 5.56 Å². The van der Waals surface area contributed by atoms with Gasteiger partial charge in [0.15, 0.2) is 5.82 Å². The van der Waals surface area contributed by atoms with E-state index in [2.05, 4.69) is 15.2 Å². The number of nitrogens with one attached hydrogen (secondary N) is 1. The molecule has 0 fully saturated rings. The highest BCUT2D eigenvalue weighted by molar-refractivity contribution is 7.99. The summed E-state index contributed by atoms with van der Waals surface area (Å²) in [5.74, 6) is 1.38. The van der Waals surface area contributed by atoms with Gasteiger partial charge in [0.05, 0.1) is 6.61 Å². The topological polar surface area (TPSA) is 61.8 Å². The lowest BCUT2D eigenvalue weighted by Gasteiger charge is -1.95. The number of thioether (sulfide) groups is 1. The Morgan fingerprint density at radius 2 is 2.06 bits per heavy atom. The number of aromatic amines is 1. The van der Waals surface area contributed by atoms with E-state index in [9.17, 15) is 0 Å². The molecular weight excluding hydrogens is 222 g/mol. The molecule has 0 atom stereocenters. The first-order valence-corrected chi connectivity index (χ1v) is 6.01. The Balaban J connectivity index is 2.15. The summed E-state index contributed by atoms with van der Waals surface area (Å²) in [5, 5.41) is 16.3. The van der Waals surface area contributed by atoms with Gasteiger partial charge in [-0.05, 0) is 6.92 Å². The van der Waals surface area contributed by atoms with Gasteiger partial charge in [-0.25, -0.2) is 4.98 Å². The van der Waals surface area contributed by atoms with Crippen LogP contribution in [0.2, 0.25) is 0 Å². The lowest BCUT2D eigenvalue weighted by molar-refractivity contribution is 0.322. The Bertz CT molecular complexity index is 453. The van der Waals surface area contributed by atoms with Gasteiger partial charge in [-0.1, -0.05) is 41.6 Å². The van der Waals surface area contributed by atoms with Gasteiger partial charge < -0.3 is 5.11 Å². The molecule has 0 aliphatic carbocycles. The Hall–Kier alpha value is -1.33. The lowest BCUT2D eigenvalue weighted by atomic mass is 10.1. The van der Waals surface area contributed by atoms with Crippen molar-refractivity contribution in [3.05, 3.63) is 29.8 Å². The number of aryl methyl sites for hydroxylation is 1. The van der Waals surface area contributed by atoms with Crippen molar-refractivity contribution in [2.75, 3.05) is 12.4 Å². The molecule has 0 saturated heterocycles. The van der Waals surface area contributed by atoms with Crippen LogP contribution in [0.15, 0.2) is 29.4 Å². The molecule has 1 aromatic heterocycles. The second-order valence-corrected chi connectivity index (χ2v) is 4.47. The third-order valence-corrected chi connectivity index (χ3v) is 2.94. The van der Waals surface area contributed by atoms with Crippen molar-refractivity contribution in [1.82, 2.24) is 15.2 Å². The van der Waals surface area contributed by atoms with Crippen molar-refractivity contribution in [3.8, 4) is 11.4 Å². The van der Waals surface area contributed by atoms with Crippen molar-refractivity contribution in [2.45, 2.75) is 12.1 Å². The third kappa shape index (κ3) is 2.62. The van der Waals surface area contributed by atoms with Crippen molar-refractivity contribution in [3.63, 3.8) is 0 Å². The molecule has 0 amide bonds. The van der Waals surface area contributed by atoms with Crippen LogP contribution in [0, 0.1) is 6.92 Å². The summed E-state index contributed by atoms with van der Waals surface area (Å²) >= 11 is 1.44. The molecule has 1 heterocycles. The van der Waals surface area contributed by atoms with E-state index < -0.39 is 0 Å². The van der Waals surface area contributed by atoms with E-state index in [1.54, 1.807) is 0 Å². The largest absolute Gasteiger partial charge is 0.396 e. The van der Waals surface area contributed by atoms with Crippen LogP contribution in [-0.2, 0) is 0 Å². The van der Waals surface area contributed by atoms with Crippen LogP contribution in [0.5, 0.6) is 0 Å². The van der Waals surface area contributed by atoms with Crippen LogP contribution in [0.25, 0.3) is 11.4 Å². The summed E-state index contributed by atoms with van der Waals surface area (Å²) in [6, 6.07) is 8.10. The number of rotatable bonds is 4. The highest BCUT2D eigenvalue weighted by Gasteiger charge is 2.05. The minimum absolute atomic E-state index is 0.138. The number of aliphatic hydroxyl groups is 1. The van der Waals surface area contributed by atoms with E-state index in [1.165, 1.54) is 17.3 Å². The zero-order valence-corrected chi connectivity index (χ0v) is 9.79. The van der Waals surface area contributed by atoms with Gasteiger partial charge in [0.25, 0.3) is 0 Å². The average Bonchev–Trinajstić information content (AvgIpc) is 2.76. The van der Waals surface area contributed by atoms with Gasteiger partial charge in [0, 0.05) is 11.3 Å². The fraction of sp³-hybridized carbons (Fsp3) is 0.273. The summed E-state index contributed by atoms with van der Waals surface area (Å²) < 4.78 is 0. The SMILES string of the molecule is Cc1ccc(-c2nc(SCCO)n[nH]2)cc1. The minimum atomic E-state index is 0.138. The van der Waals surface area contributed by atoms with E-state index in [0.29, 0.717) is 10.9 Å². The normalized spacial score (nSPS) is 10.6. The maximum Gasteiger partial charge on any atom is 0.208 e. The second-order valence-electron chi connectivity index (χ2n) is 3.40. The van der Waals surface area contributed by atoms with Gasteiger partial charge in [-0.3, -0.25) is 5.10 Å². The molecule has 84 valence electrons. The smallest absolute Gasteiger partial charge is 0.208 e. The van der Waals surface area contributed by atoms with Crippen LogP contribution in [0.3, 0.4) is 0 Å². The predicted octanol–water partition coefficient (Wildman–Crippen LogP) is 1.86. The van der Waals surface area contributed by atoms with E-state index in [0.717, 1.165) is 11.4 Å². The fourth-order valence-corrected chi connectivity index (χ4v) is 1.83. The van der Waals surface area contributed by atoms with Crippen LogP contribution >= 0.6 is 11.8 Å². The maximum absolute atomic E-state index is 8.70. The molecule has 2 rings (SSSR count). The van der Waals surface area contributed by atoms with Crippen molar-refractivity contribution in [1.29, 1.82) is 0 Å². The monoisotopic (exact) mass is 235 g/mol. The molecule has 0 bridgehead atoms. The number of benzene rings is 1. The molecule has 0 aliphatic heterocycles. The summed E-state index contributed by atoms with van der Waals surface area (Å²) in [4.78, 5) is 4.33. The van der Waals surface area contributed by atoms with Crippen LogP contribution in [0.4, 0.5) is 0 Å². The number of aromatic nitrogens is 3. The zero-order valence-electron chi connectivity index (χ0n) is 8.97. The molecule has 0 radical (unpaired) electrons. The van der Waals surface area contributed by atoms with Gasteiger partial charge in [0.2, 0.25) is 5.16 Å². The Morgan fingerprint density at radius 1 is 1.31 bits per heavy atom. The number of hydrogen-bond donors (Lipinski definition) is 2. The first-order chi connectivity index (χ1) is 7.79. The zero-order chi connectivity index (χ0) is 11.4. The molecule has 5 heteroatoms. The van der Waals surface area contributed by atoms with Crippen molar-refractivity contribution >= 4 is 11.8 Å². The number of H-pyrrole nitrogens is 1. The predicted molar refractivity (Wildman–Crippen MR) is 64.4 cm³/mol. The molecular formula is C11H13N3OS. The summed E-state index contributed by atoms with van der Waals surface area (Å²) in [5.41, 5.74) is 2.24. The van der Waals surface area contributed by atoms with E-state index in [-0.39, 0.29) is 6.61 Å². The molecule has 0 saturated carbocycles. The Kier molecular flexibility index (Phi) is 3.58. The molecule has 1 aromatic carbocycles. The fourth-order valence-electron chi connectivity index (χ4n) is 1.29. The average molecular weight is 235 g/mol. The van der Waals surface area contributed by atoms with Gasteiger partial charge in [0.1, 0.15) is 0 Å². The summed E-state index contributed by atoms with van der Waals surface area (Å²) in [6.45, 7) is 2.19. The van der Waals surface area contributed by atoms with Crippen LogP contribution < -0.4 is 0 Å². The molecule has 0 spiro atoms. The molecule has 2 N–H and O–H groups in total. The van der Waals surface area contributed by atoms with Crippen molar-refractivity contribution < 1.29 is 5.11 Å². The quantitative estimate of drug-likeness (QED) is 0.794. The third-order valence-electron chi connectivity index (χ3n) is 2.11. The summed E-state index contributed by atoms with van der Waals surface area (Å²) in [6.07, 6.45) is 0.